The average molecular weight is 416 g/mol. The fraction of sp³-hybridized carbons (Fsp3) is 0.316. The number of nitrogens with zero attached hydrogens (tertiary/aromatic N) is 5. The molecule has 0 spiro atoms. The van der Waals surface area contributed by atoms with Gasteiger partial charge in [0.25, 0.3) is 5.91 Å². The molecular formula is C19H18F2N6O3. The molecule has 4 rings (SSSR count). The number of carbonyl (C=O) groups is 2. The minimum atomic E-state index is -0.711. The van der Waals surface area contributed by atoms with Crippen LogP contribution in [0.3, 0.4) is 0 Å². The van der Waals surface area contributed by atoms with Gasteiger partial charge >= 0.3 is 12.0 Å². The Balaban J connectivity index is 1.42. The summed E-state index contributed by atoms with van der Waals surface area (Å²) in [5.74, 6) is -2.12. The summed E-state index contributed by atoms with van der Waals surface area (Å²) < 4.78 is 32.9. The summed E-state index contributed by atoms with van der Waals surface area (Å²) >= 11 is 0. The van der Waals surface area contributed by atoms with Crippen molar-refractivity contribution in [3.63, 3.8) is 0 Å². The van der Waals surface area contributed by atoms with E-state index in [4.69, 9.17) is 10.5 Å². The van der Waals surface area contributed by atoms with E-state index in [1.807, 2.05) is 0 Å². The third kappa shape index (κ3) is 4.04. The monoisotopic (exact) mass is 416 g/mol. The standard InChI is InChI=1S/C19H18F2N6O3/c20-12-7-11(8-13(21)9-12)16-2-5-24-27(16)19(29)26-6-3-14(10-26)30-18-23-4-1-15(25-18)17(22)28/h1,4-5,7-9,14,16H,2-3,6,10H2,(H2,22,28). The van der Waals surface area contributed by atoms with Gasteiger partial charge in [0.05, 0.1) is 12.6 Å². The number of nitrogens with two attached hydrogens (primary N) is 1. The highest BCUT2D eigenvalue weighted by molar-refractivity contribution is 5.90. The number of hydrazone groups is 1. The normalized spacial score (nSPS) is 20.6. The molecule has 1 aromatic carbocycles. The van der Waals surface area contributed by atoms with Gasteiger partial charge in [-0.15, -0.1) is 0 Å². The van der Waals surface area contributed by atoms with Crippen molar-refractivity contribution in [2.24, 2.45) is 10.8 Å². The molecule has 2 aromatic rings. The van der Waals surface area contributed by atoms with E-state index in [1.165, 1.54) is 34.3 Å². The number of halogens is 2. The molecule has 0 radical (unpaired) electrons. The van der Waals surface area contributed by atoms with E-state index in [2.05, 4.69) is 15.1 Å². The number of likely N-dealkylation sites (tertiary alicyclic amines) is 1. The predicted octanol–water partition coefficient (Wildman–Crippen LogP) is 1.86. The lowest BCUT2D eigenvalue weighted by molar-refractivity contribution is 0.0992. The molecule has 156 valence electrons. The van der Waals surface area contributed by atoms with Crippen LogP contribution in [-0.2, 0) is 0 Å². The molecule has 1 fully saturated rings. The maximum Gasteiger partial charge on any atom is 0.341 e. The second-order valence-corrected chi connectivity index (χ2v) is 6.94. The van der Waals surface area contributed by atoms with Crippen LogP contribution in [0.5, 0.6) is 6.01 Å². The Labute approximate surface area is 170 Å². The van der Waals surface area contributed by atoms with Gasteiger partial charge < -0.3 is 15.4 Å². The molecule has 0 saturated carbocycles. The summed E-state index contributed by atoms with van der Waals surface area (Å²) in [5, 5.41) is 5.32. The van der Waals surface area contributed by atoms with Crippen molar-refractivity contribution in [1.82, 2.24) is 19.9 Å². The van der Waals surface area contributed by atoms with E-state index in [1.54, 1.807) is 6.21 Å². The number of carbonyl (C=O) groups excluding carboxylic acids is 2. The molecule has 3 heterocycles. The van der Waals surface area contributed by atoms with Crippen molar-refractivity contribution in [1.29, 1.82) is 0 Å². The molecule has 2 N–H and O–H groups in total. The first-order valence-electron chi connectivity index (χ1n) is 9.27. The van der Waals surface area contributed by atoms with Crippen molar-refractivity contribution in [2.75, 3.05) is 13.1 Å². The lowest BCUT2D eigenvalue weighted by Crippen LogP contribution is -2.40. The Morgan fingerprint density at radius 1 is 1.20 bits per heavy atom. The molecule has 11 heteroatoms. The van der Waals surface area contributed by atoms with Crippen LogP contribution in [-0.4, -0.2) is 57.2 Å². The van der Waals surface area contributed by atoms with Crippen LogP contribution in [0.4, 0.5) is 13.6 Å². The van der Waals surface area contributed by atoms with Crippen molar-refractivity contribution in [2.45, 2.75) is 25.0 Å². The molecule has 1 aromatic heterocycles. The third-order valence-corrected chi connectivity index (χ3v) is 4.87. The van der Waals surface area contributed by atoms with Crippen LogP contribution < -0.4 is 10.5 Å². The van der Waals surface area contributed by atoms with Gasteiger partial charge in [0.2, 0.25) is 0 Å². The minimum absolute atomic E-state index is 0.00194. The summed E-state index contributed by atoms with van der Waals surface area (Å²) in [6.45, 7) is 0.647. The highest BCUT2D eigenvalue weighted by Crippen LogP contribution is 2.31. The second-order valence-electron chi connectivity index (χ2n) is 6.94. The molecule has 1 saturated heterocycles. The number of urea groups is 1. The topological polar surface area (TPSA) is 114 Å². The smallest absolute Gasteiger partial charge is 0.341 e. The van der Waals surface area contributed by atoms with E-state index in [0.717, 1.165) is 6.07 Å². The molecular weight excluding hydrogens is 398 g/mol. The Hall–Kier alpha value is -3.63. The van der Waals surface area contributed by atoms with Crippen LogP contribution in [0.2, 0.25) is 0 Å². The van der Waals surface area contributed by atoms with Crippen LogP contribution in [0.25, 0.3) is 0 Å². The van der Waals surface area contributed by atoms with Crippen molar-refractivity contribution in [3.8, 4) is 6.01 Å². The van der Waals surface area contributed by atoms with E-state index in [9.17, 15) is 18.4 Å². The van der Waals surface area contributed by atoms with Crippen LogP contribution in [0.15, 0.2) is 35.6 Å². The van der Waals surface area contributed by atoms with E-state index in [-0.39, 0.29) is 24.4 Å². The number of hydrogen-bond donors (Lipinski definition) is 1. The zero-order valence-corrected chi connectivity index (χ0v) is 15.7. The van der Waals surface area contributed by atoms with E-state index >= 15 is 0 Å². The maximum absolute atomic E-state index is 13.6. The van der Waals surface area contributed by atoms with Crippen molar-refractivity contribution in [3.05, 3.63) is 53.4 Å². The number of ether oxygens (including phenoxy) is 1. The summed E-state index contributed by atoms with van der Waals surface area (Å²) in [6, 6.07) is 3.57. The van der Waals surface area contributed by atoms with Gasteiger partial charge in [-0.25, -0.2) is 23.6 Å². The molecule has 2 aliphatic rings. The molecule has 3 amide bonds. The van der Waals surface area contributed by atoms with Gasteiger partial charge in [0.15, 0.2) is 0 Å². The van der Waals surface area contributed by atoms with E-state index < -0.39 is 29.6 Å². The summed E-state index contributed by atoms with van der Waals surface area (Å²) in [5.41, 5.74) is 5.56. The molecule has 2 atom stereocenters. The van der Waals surface area contributed by atoms with Gasteiger partial charge in [-0.05, 0) is 23.8 Å². The lowest BCUT2D eigenvalue weighted by atomic mass is 10.0. The van der Waals surface area contributed by atoms with Gasteiger partial charge in [-0.3, -0.25) is 4.79 Å². The maximum atomic E-state index is 13.6. The second kappa shape index (κ2) is 8.01. The van der Waals surface area contributed by atoms with Crippen molar-refractivity contribution < 1.29 is 23.1 Å². The summed E-state index contributed by atoms with van der Waals surface area (Å²) in [7, 11) is 0. The lowest BCUT2D eigenvalue weighted by Gasteiger charge is -2.27. The largest absolute Gasteiger partial charge is 0.458 e. The predicted molar refractivity (Wildman–Crippen MR) is 101 cm³/mol. The number of hydrogen-bond acceptors (Lipinski definition) is 6. The number of benzene rings is 1. The SMILES string of the molecule is NC(=O)c1ccnc(OC2CCN(C(=O)N3N=CCC3c3cc(F)cc(F)c3)C2)n1. The summed E-state index contributed by atoms with van der Waals surface area (Å²) in [4.78, 5) is 33.6. The van der Waals surface area contributed by atoms with Gasteiger partial charge in [0.1, 0.15) is 23.4 Å². The van der Waals surface area contributed by atoms with Gasteiger partial charge in [-0.2, -0.15) is 10.1 Å². The highest BCUT2D eigenvalue weighted by Gasteiger charge is 2.36. The van der Waals surface area contributed by atoms with E-state index in [0.29, 0.717) is 24.9 Å². The molecule has 2 unspecified atom stereocenters. The fourth-order valence-corrected chi connectivity index (χ4v) is 3.47. The number of primary amides is 1. The van der Waals surface area contributed by atoms with Crippen LogP contribution in [0.1, 0.15) is 34.9 Å². The molecule has 30 heavy (non-hydrogen) atoms. The quantitative estimate of drug-likeness (QED) is 0.817. The molecule has 0 aliphatic carbocycles. The molecule has 0 bridgehead atoms. The first-order chi connectivity index (χ1) is 14.4. The molecule has 9 nitrogen and oxygen atoms in total. The Kier molecular flexibility index (Phi) is 5.25. The number of aromatic nitrogens is 2. The first kappa shape index (κ1) is 19.7. The van der Waals surface area contributed by atoms with Crippen LogP contribution in [0, 0.1) is 11.6 Å². The van der Waals surface area contributed by atoms with Gasteiger partial charge in [0, 0.05) is 37.9 Å². The first-order valence-corrected chi connectivity index (χ1v) is 9.27. The third-order valence-electron chi connectivity index (χ3n) is 4.87. The highest BCUT2D eigenvalue weighted by atomic mass is 19.1. The Bertz CT molecular complexity index is 997. The van der Waals surface area contributed by atoms with Gasteiger partial charge in [-0.1, -0.05) is 0 Å². The number of rotatable bonds is 4. The average Bonchev–Trinajstić information content (AvgIpc) is 3.36. The zero-order valence-electron chi connectivity index (χ0n) is 15.7. The zero-order chi connectivity index (χ0) is 21.3. The minimum Gasteiger partial charge on any atom is -0.458 e. The van der Waals surface area contributed by atoms with Crippen LogP contribution >= 0.6 is 0 Å². The summed E-state index contributed by atoms with van der Waals surface area (Å²) in [6.07, 6.45) is 3.40. The molecule has 2 aliphatic heterocycles. The van der Waals surface area contributed by atoms with Crippen molar-refractivity contribution >= 4 is 18.2 Å². The fourth-order valence-electron chi connectivity index (χ4n) is 3.47. The number of amides is 3. The Morgan fingerprint density at radius 2 is 1.97 bits per heavy atom. The Morgan fingerprint density at radius 3 is 2.70 bits per heavy atom.